The van der Waals surface area contributed by atoms with Gasteiger partial charge in [-0.2, -0.15) is 28.5 Å². The number of nitrogens with one attached hydrogen (secondary N) is 1. The summed E-state index contributed by atoms with van der Waals surface area (Å²) in [5, 5.41) is 14.6. The number of carbonyl (C=O) groups is 1. The Morgan fingerprint density at radius 2 is 1.91 bits per heavy atom. The third kappa shape index (κ3) is 3.40. The fraction of sp³-hybridized carbons (Fsp3) is 0.263. The average Bonchev–Trinajstić information content (AvgIpc) is 3.45. The number of nitrogens with zero attached hydrogens (tertiary/aromatic N) is 7. The van der Waals surface area contributed by atoms with E-state index in [0.29, 0.717) is 0 Å². The van der Waals surface area contributed by atoms with Crippen LogP contribution in [0.25, 0.3) is 11.5 Å². The highest BCUT2D eigenvalue weighted by Gasteiger charge is 2.60. The maximum atomic E-state index is 14.2. The van der Waals surface area contributed by atoms with Crippen molar-refractivity contribution in [1.82, 2.24) is 34.6 Å². The first-order chi connectivity index (χ1) is 15.6. The number of pyridine rings is 1. The Balaban J connectivity index is 1.51. The molecule has 14 heteroatoms. The molecule has 0 spiro atoms. The Kier molecular flexibility index (Phi) is 4.83. The quantitative estimate of drug-likeness (QED) is 0.460. The molecule has 4 heterocycles. The van der Waals surface area contributed by atoms with E-state index in [1.165, 1.54) is 41.7 Å². The Morgan fingerprint density at radius 1 is 1.18 bits per heavy atom. The van der Waals surface area contributed by atoms with Crippen LogP contribution in [0.2, 0.25) is 10.2 Å². The number of amides is 1. The molecule has 2 unspecified atom stereocenters. The van der Waals surface area contributed by atoms with Crippen LogP contribution in [0.5, 0.6) is 0 Å². The molecule has 0 saturated heterocycles. The largest absolute Gasteiger partial charge is 0.399 e. The molecule has 1 aliphatic carbocycles. The van der Waals surface area contributed by atoms with Gasteiger partial charge in [0.15, 0.2) is 16.6 Å². The molecule has 0 fully saturated rings. The zero-order valence-corrected chi connectivity index (χ0v) is 18.2. The summed E-state index contributed by atoms with van der Waals surface area (Å²) in [5.41, 5.74) is -2.01. The monoisotopic (exact) mass is 496 g/mol. The molecule has 0 bridgehead atoms. The summed E-state index contributed by atoms with van der Waals surface area (Å²) in [5.74, 6) is -1.57. The third-order valence-electron chi connectivity index (χ3n) is 5.63. The second kappa shape index (κ2) is 7.39. The standard InChI is InChI=1S/C19H13Cl2F3N8O/c1-18(19(22,23)24)6-10(11-8-25-14-5-13(21)30-31(14)15(11)18)17(33)29-9-4-12(20)16(26-7-9)32-27-2-3-28-32/h2-5,7-8,10H,6H2,1H3,(H,29,33). The maximum absolute atomic E-state index is 14.2. The zero-order chi connectivity index (χ0) is 23.5. The number of rotatable bonds is 3. The van der Waals surface area contributed by atoms with Crippen LogP contribution in [0.4, 0.5) is 18.9 Å². The summed E-state index contributed by atoms with van der Waals surface area (Å²) in [6, 6.07) is 2.77. The first-order valence-electron chi connectivity index (χ1n) is 9.53. The molecule has 0 saturated carbocycles. The summed E-state index contributed by atoms with van der Waals surface area (Å²) in [7, 11) is 0. The fourth-order valence-corrected chi connectivity index (χ4v) is 4.44. The molecule has 0 aromatic carbocycles. The Hall–Kier alpha value is -3.25. The van der Waals surface area contributed by atoms with Crippen LogP contribution < -0.4 is 5.32 Å². The van der Waals surface area contributed by atoms with E-state index in [2.05, 4.69) is 30.6 Å². The molecule has 0 aliphatic heterocycles. The van der Waals surface area contributed by atoms with E-state index in [-0.39, 0.29) is 38.6 Å². The van der Waals surface area contributed by atoms with Gasteiger partial charge in [0.25, 0.3) is 0 Å². The van der Waals surface area contributed by atoms with Crippen LogP contribution in [0, 0.1) is 0 Å². The van der Waals surface area contributed by atoms with Crippen molar-refractivity contribution in [2.24, 2.45) is 0 Å². The van der Waals surface area contributed by atoms with Crippen LogP contribution in [-0.2, 0) is 10.2 Å². The summed E-state index contributed by atoms with van der Waals surface area (Å²) >= 11 is 12.1. The van der Waals surface area contributed by atoms with E-state index in [1.807, 2.05) is 0 Å². The van der Waals surface area contributed by atoms with E-state index >= 15 is 0 Å². The molecule has 5 rings (SSSR count). The van der Waals surface area contributed by atoms with Crippen LogP contribution >= 0.6 is 23.2 Å². The molecule has 33 heavy (non-hydrogen) atoms. The number of fused-ring (bicyclic) bond motifs is 3. The molecular formula is C19H13Cl2F3N8O. The highest BCUT2D eigenvalue weighted by Crippen LogP contribution is 2.54. The van der Waals surface area contributed by atoms with Crippen molar-refractivity contribution in [3.8, 4) is 5.82 Å². The molecule has 1 N–H and O–H groups in total. The Morgan fingerprint density at radius 3 is 2.58 bits per heavy atom. The average molecular weight is 497 g/mol. The van der Waals surface area contributed by atoms with Gasteiger partial charge in [-0.05, 0) is 19.4 Å². The van der Waals surface area contributed by atoms with Gasteiger partial charge in [0.05, 0.1) is 40.9 Å². The van der Waals surface area contributed by atoms with E-state index < -0.39 is 29.8 Å². The SMILES string of the molecule is CC1(C(F)(F)F)CC(C(=O)Nc2cnc(-n3nccn3)c(Cl)c2)c2cnc3cc(Cl)nn3c21. The molecule has 170 valence electrons. The molecule has 0 radical (unpaired) electrons. The smallest absolute Gasteiger partial charge is 0.324 e. The predicted molar refractivity (Wildman–Crippen MR) is 112 cm³/mol. The number of aromatic nitrogens is 7. The second-order valence-corrected chi connectivity index (χ2v) is 8.52. The Labute approximate surface area is 193 Å². The number of hydrogen-bond donors (Lipinski definition) is 1. The van der Waals surface area contributed by atoms with Gasteiger partial charge in [-0.1, -0.05) is 23.2 Å². The molecule has 4 aromatic rings. The van der Waals surface area contributed by atoms with Crippen LogP contribution in [0.3, 0.4) is 0 Å². The highest BCUT2D eigenvalue weighted by atomic mass is 35.5. The van der Waals surface area contributed by atoms with Gasteiger partial charge in [0.1, 0.15) is 5.41 Å². The number of halogens is 5. The lowest BCUT2D eigenvalue weighted by molar-refractivity contribution is -0.187. The van der Waals surface area contributed by atoms with E-state index in [9.17, 15) is 18.0 Å². The summed E-state index contributed by atoms with van der Waals surface area (Å²) in [6.07, 6.45) is 0.304. The van der Waals surface area contributed by atoms with E-state index in [1.54, 1.807) is 0 Å². The van der Waals surface area contributed by atoms with Crippen molar-refractivity contribution < 1.29 is 18.0 Å². The third-order valence-corrected chi connectivity index (χ3v) is 6.09. The second-order valence-electron chi connectivity index (χ2n) is 7.72. The summed E-state index contributed by atoms with van der Waals surface area (Å²) in [4.78, 5) is 22.6. The van der Waals surface area contributed by atoms with Gasteiger partial charge in [0.2, 0.25) is 5.91 Å². The molecule has 1 amide bonds. The van der Waals surface area contributed by atoms with Crippen molar-refractivity contribution >= 4 is 40.4 Å². The molecule has 2 atom stereocenters. The van der Waals surface area contributed by atoms with Crippen molar-refractivity contribution in [1.29, 1.82) is 0 Å². The van der Waals surface area contributed by atoms with E-state index in [0.717, 1.165) is 11.4 Å². The molecule has 4 aromatic heterocycles. The Bertz CT molecular complexity index is 1390. The number of anilines is 1. The number of alkyl halides is 3. The highest BCUT2D eigenvalue weighted by molar-refractivity contribution is 6.32. The lowest BCUT2D eigenvalue weighted by atomic mass is 9.85. The van der Waals surface area contributed by atoms with Gasteiger partial charge in [-0.3, -0.25) is 4.79 Å². The summed E-state index contributed by atoms with van der Waals surface area (Å²) in [6.45, 7) is 1.04. The van der Waals surface area contributed by atoms with Gasteiger partial charge in [0, 0.05) is 17.8 Å². The minimum Gasteiger partial charge on any atom is -0.324 e. The normalized spacial score (nSPS) is 20.2. The predicted octanol–water partition coefficient (Wildman–Crippen LogP) is 3.96. The van der Waals surface area contributed by atoms with Crippen LogP contribution in [0.15, 0.2) is 36.9 Å². The van der Waals surface area contributed by atoms with Crippen LogP contribution in [0.1, 0.15) is 30.5 Å². The van der Waals surface area contributed by atoms with Crippen molar-refractivity contribution in [2.75, 3.05) is 5.32 Å². The zero-order valence-electron chi connectivity index (χ0n) is 16.7. The molecule has 1 aliphatic rings. The van der Waals surface area contributed by atoms with Gasteiger partial charge in [-0.25, -0.2) is 14.5 Å². The minimum atomic E-state index is -4.65. The summed E-state index contributed by atoms with van der Waals surface area (Å²) < 4.78 is 43.6. The fourth-order valence-electron chi connectivity index (χ4n) is 4.03. The van der Waals surface area contributed by atoms with Crippen molar-refractivity contribution in [2.45, 2.75) is 30.9 Å². The van der Waals surface area contributed by atoms with Gasteiger partial charge < -0.3 is 5.32 Å². The van der Waals surface area contributed by atoms with Gasteiger partial charge in [-0.15, -0.1) is 4.80 Å². The van der Waals surface area contributed by atoms with Crippen molar-refractivity contribution in [3.63, 3.8) is 0 Å². The first kappa shape index (κ1) is 21.6. The van der Waals surface area contributed by atoms with E-state index in [4.69, 9.17) is 23.2 Å². The first-order valence-corrected chi connectivity index (χ1v) is 10.3. The number of carbonyl (C=O) groups excluding carboxylic acids is 1. The molecular weight excluding hydrogens is 484 g/mol. The molecule has 9 nitrogen and oxygen atoms in total. The number of hydrogen-bond acceptors (Lipinski definition) is 6. The van der Waals surface area contributed by atoms with Crippen LogP contribution in [-0.4, -0.2) is 46.7 Å². The minimum absolute atomic E-state index is 0.000744. The van der Waals surface area contributed by atoms with Gasteiger partial charge >= 0.3 is 6.18 Å². The van der Waals surface area contributed by atoms with Crippen molar-refractivity contribution in [3.05, 3.63) is 58.4 Å². The lowest BCUT2D eigenvalue weighted by Crippen LogP contribution is -2.39. The maximum Gasteiger partial charge on any atom is 0.399 e. The topological polar surface area (TPSA) is 103 Å². The lowest BCUT2D eigenvalue weighted by Gasteiger charge is -2.28.